The zero-order valence-electron chi connectivity index (χ0n) is 22.3. The molecule has 1 heterocycles. The van der Waals surface area contributed by atoms with Gasteiger partial charge in [0.2, 0.25) is 0 Å². The topological polar surface area (TPSA) is 98.9 Å². The molecule has 37 heavy (non-hydrogen) atoms. The summed E-state index contributed by atoms with van der Waals surface area (Å²) in [6.45, 7) is 9.95. The third-order valence-corrected chi connectivity index (χ3v) is 6.76. The Kier molecular flexibility index (Phi) is 8.79. The molecule has 0 saturated carbocycles. The predicted octanol–water partition coefficient (Wildman–Crippen LogP) is 6.35. The van der Waals surface area contributed by atoms with Crippen molar-refractivity contribution in [2.24, 2.45) is 16.3 Å². The van der Waals surface area contributed by atoms with Gasteiger partial charge in [0.05, 0.1) is 17.4 Å². The monoisotopic (exact) mass is 504 g/mol. The Morgan fingerprint density at radius 2 is 1.73 bits per heavy atom. The van der Waals surface area contributed by atoms with E-state index in [2.05, 4.69) is 13.0 Å². The van der Waals surface area contributed by atoms with Gasteiger partial charge in [-0.1, -0.05) is 70.2 Å². The fourth-order valence-corrected chi connectivity index (χ4v) is 4.63. The van der Waals surface area contributed by atoms with Crippen LogP contribution in [0.2, 0.25) is 0 Å². The minimum Gasteiger partial charge on any atom is -0.466 e. The number of nitro groups is 1. The van der Waals surface area contributed by atoms with Crippen molar-refractivity contribution in [2.45, 2.75) is 65.3 Å². The lowest BCUT2D eigenvalue weighted by atomic mass is 9.78. The molecule has 7 nitrogen and oxygen atoms in total. The average Bonchev–Trinajstić information content (AvgIpc) is 3.31. The molecule has 2 aromatic carbocycles. The van der Waals surface area contributed by atoms with Crippen LogP contribution in [0, 0.1) is 21.4 Å². The highest BCUT2D eigenvalue weighted by atomic mass is 16.6. The van der Waals surface area contributed by atoms with Crippen LogP contribution in [0.4, 0.5) is 5.69 Å². The maximum Gasteiger partial charge on any atom is 0.313 e. The van der Waals surface area contributed by atoms with Crippen molar-refractivity contribution in [3.8, 4) is 0 Å². The van der Waals surface area contributed by atoms with Crippen molar-refractivity contribution in [2.75, 3.05) is 6.61 Å². The zero-order chi connectivity index (χ0) is 27.2. The maximum absolute atomic E-state index is 12.9. The fourth-order valence-electron chi connectivity index (χ4n) is 4.63. The molecule has 2 aromatic rings. The number of allylic oxidation sites excluding steroid dienone is 1. The number of ketones is 1. The van der Waals surface area contributed by atoms with Gasteiger partial charge in [-0.3, -0.25) is 24.7 Å². The van der Waals surface area contributed by atoms with Crippen molar-refractivity contribution in [1.29, 1.82) is 0 Å². The number of non-ortho nitro benzene ring substituents is 1. The normalized spacial score (nSPS) is 18.4. The van der Waals surface area contributed by atoms with E-state index in [1.54, 1.807) is 25.3 Å². The van der Waals surface area contributed by atoms with Crippen LogP contribution in [-0.4, -0.2) is 29.5 Å². The molecule has 0 radical (unpaired) electrons. The van der Waals surface area contributed by atoms with E-state index in [0.29, 0.717) is 19.3 Å². The fraction of sp³-hybridized carbons (Fsp3) is 0.433. The van der Waals surface area contributed by atoms with Gasteiger partial charge < -0.3 is 4.74 Å². The number of benzene rings is 2. The van der Waals surface area contributed by atoms with Crippen LogP contribution in [0.5, 0.6) is 0 Å². The minimum atomic E-state index is -0.548. The molecule has 0 saturated heterocycles. The van der Waals surface area contributed by atoms with Crippen LogP contribution < -0.4 is 0 Å². The Bertz CT molecular complexity index is 1160. The van der Waals surface area contributed by atoms with E-state index in [0.717, 1.165) is 16.7 Å². The van der Waals surface area contributed by atoms with E-state index in [-0.39, 0.29) is 35.4 Å². The Morgan fingerprint density at radius 3 is 2.24 bits per heavy atom. The van der Waals surface area contributed by atoms with Crippen LogP contribution in [0.15, 0.2) is 65.7 Å². The summed E-state index contributed by atoms with van der Waals surface area (Å²) in [5.41, 5.74) is 1.70. The van der Waals surface area contributed by atoms with Gasteiger partial charge in [-0.2, -0.15) is 0 Å². The Morgan fingerprint density at radius 1 is 1.08 bits per heavy atom. The first-order valence-electron chi connectivity index (χ1n) is 12.7. The lowest BCUT2D eigenvalue weighted by Crippen LogP contribution is -2.27. The molecule has 0 spiro atoms. The SMILES string of the molecule is CCOC(=O)C(Cc1ccc([N+](=O)[O-])cc1)c1ccc(C2(CC(C)CC(=O)C(C)(C)C)C=CC=N2)cc1. The van der Waals surface area contributed by atoms with E-state index in [9.17, 15) is 19.7 Å². The Hall–Kier alpha value is -3.61. The van der Waals surface area contributed by atoms with Crippen molar-refractivity contribution in [1.82, 2.24) is 0 Å². The van der Waals surface area contributed by atoms with Crippen molar-refractivity contribution in [3.05, 3.63) is 87.5 Å². The van der Waals surface area contributed by atoms with E-state index < -0.39 is 16.4 Å². The molecule has 1 aliphatic rings. The smallest absolute Gasteiger partial charge is 0.313 e. The molecule has 0 aliphatic carbocycles. The summed E-state index contributed by atoms with van der Waals surface area (Å²) < 4.78 is 5.35. The van der Waals surface area contributed by atoms with Crippen molar-refractivity contribution < 1.29 is 19.2 Å². The molecule has 0 aromatic heterocycles. The predicted molar refractivity (Wildman–Crippen MR) is 145 cm³/mol. The van der Waals surface area contributed by atoms with E-state index >= 15 is 0 Å². The summed E-state index contributed by atoms with van der Waals surface area (Å²) in [6.07, 6.45) is 7.35. The summed E-state index contributed by atoms with van der Waals surface area (Å²) in [7, 11) is 0. The van der Waals surface area contributed by atoms with E-state index in [1.807, 2.05) is 51.1 Å². The highest BCUT2D eigenvalue weighted by Crippen LogP contribution is 2.39. The third-order valence-electron chi connectivity index (χ3n) is 6.76. The first-order chi connectivity index (χ1) is 17.4. The summed E-state index contributed by atoms with van der Waals surface area (Å²) in [5.74, 6) is -0.505. The number of esters is 1. The van der Waals surface area contributed by atoms with Crippen LogP contribution in [0.25, 0.3) is 0 Å². The molecule has 0 bridgehead atoms. The summed E-state index contributed by atoms with van der Waals surface area (Å²) in [5, 5.41) is 11.0. The number of nitrogens with zero attached hydrogens (tertiary/aromatic N) is 2. The van der Waals surface area contributed by atoms with Crippen LogP contribution >= 0.6 is 0 Å². The molecule has 7 heteroatoms. The number of nitro benzene ring substituents is 1. The molecule has 0 N–H and O–H groups in total. The van der Waals surface area contributed by atoms with Gasteiger partial charge in [-0.05, 0) is 48.4 Å². The van der Waals surface area contributed by atoms with Gasteiger partial charge in [-0.15, -0.1) is 0 Å². The molecule has 1 aliphatic heterocycles. The Labute approximate surface area is 218 Å². The number of carbonyl (C=O) groups excluding carboxylic acids is 2. The molecular weight excluding hydrogens is 468 g/mol. The number of aliphatic imine (C=N–C) groups is 1. The quantitative estimate of drug-likeness (QED) is 0.202. The van der Waals surface area contributed by atoms with Gasteiger partial charge in [0.15, 0.2) is 0 Å². The largest absolute Gasteiger partial charge is 0.466 e. The number of hydrogen-bond acceptors (Lipinski definition) is 6. The highest BCUT2D eigenvalue weighted by molar-refractivity contribution is 5.84. The minimum absolute atomic E-state index is 0.00897. The van der Waals surface area contributed by atoms with E-state index in [4.69, 9.17) is 9.73 Å². The first kappa shape index (κ1) is 28.0. The Balaban J connectivity index is 1.83. The lowest BCUT2D eigenvalue weighted by Gasteiger charge is -2.29. The average molecular weight is 505 g/mol. The molecule has 3 atom stereocenters. The number of hydrogen-bond donors (Lipinski definition) is 0. The standard InChI is InChI=1S/C30H36N2O5/c1-6-37-28(34)26(19-22-8-14-25(15-9-22)32(35)36)23-10-12-24(13-11-23)30(16-7-17-31-30)20-21(2)18-27(33)29(3,4)5/h7-17,21,26H,6,18-20H2,1-5H3. The summed E-state index contributed by atoms with van der Waals surface area (Å²) in [6, 6.07) is 14.1. The molecule has 0 fully saturated rings. The molecule has 196 valence electrons. The lowest BCUT2D eigenvalue weighted by molar-refractivity contribution is -0.384. The number of rotatable bonds is 11. The molecule has 3 unspecified atom stereocenters. The first-order valence-corrected chi connectivity index (χ1v) is 12.7. The van der Waals surface area contributed by atoms with Crippen molar-refractivity contribution >= 4 is 23.7 Å². The van der Waals surface area contributed by atoms with Crippen LogP contribution in [-0.2, 0) is 26.3 Å². The maximum atomic E-state index is 12.9. The van der Waals surface area contributed by atoms with Crippen molar-refractivity contribution in [3.63, 3.8) is 0 Å². The van der Waals surface area contributed by atoms with Gasteiger partial charge in [0, 0.05) is 30.2 Å². The van der Waals surface area contributed by atoms with Gasteiger partial charge in [0.1, 0.15) is 11.3 Å². The second-order valence-electron chi connectivity index (χ2n) is 10.8. The highest BCUT2D eigenvalue weighted by Gasteiger charge is 2.34. The molecule has 0 amide bonds. The summed E-state index contributed by atoms with van der Waals surface area (Å²) in [4.78, 5) is 40.8. The molecule has 3 rings (SSSR count). The second-order valence-corrected chi connectivity index (χ2v) is 10.8. The number of ether oxygens (including phenoxy) is 1. The molecular formula is C30H36N2O5. The zero-order valence-corrected chi connectivity index (χ0v) is 22.3. The van der Waals surface area contributed by atoms with Crippen LogP contribution in [0.1, 0.15) is 70.1 Å². The number of carbonyl (C=O) groups is 2. The van der Waals surface area contributed by atoms with E-state index in [1.165, 1.54) is 12.1 Å². The van der Waals surface area contributed by atoms with Gasteiger partial charge >= 0.3 is 5.97 Å². The third kappa shape index (κ3) is 7.00. The summed E-state index contributed by atoms with van der Waals surface area (Å²) >= 11 is 0. The second kappa shape index (κ2) is 11.6. The van der Waals surface area contributed by atoms with Gasteiger partial charge in [0.25, 0.3) is 5.69 Å². The van der Waals surface area contributed by atoms with Crippen LogP contribution in [0.3, 0.4) is 0 Å². The van der Waals surface area contributed by atoms with Gasteiger partial charge in [-0.25, -0.2) is 0 Å². The number of Topliss-reactive ketones (excluding diaryl/α,β-unsaturated/α-hetero) is 1.